The van der Waals surface area contributed by atoms with Crippen molar-refractivity contribution < 1.29 is 9.59 Å². The summed E-state index contributed by atoms with van der Waals surface area (Å²) in [6.07, 6.45) is 6.75. The Hall–Kier alpha value is -2.11. The zero-order valence-corrected chi connectivity index (χ0v) is 13.5. The summed E-state index contributed by atoms with van der Waals surface area (Å²) in [7, 11) is 0. The number of hydrogen-bond acceptors (Lipinski definition) is 3. The molecular weight excluding hydrogens is 292 g/mol. The molecule has 1 aromatic rings. The van der Waals surface area contributed by atoms with Gasteiger partial charge < -0.3 is 15.5 Å². The maximum absolute atomic E-state index is 12.5. The number of nitrogens with one attached hydrogen (secondary N) is 2. The van der Waals surface area contributed by atoms with E-state index in [1.807, 2.05) is 17.0 Å². The van der Waals surface area contributed by atoms with E-state index >= 15 is 0 Å². The Bertz CT molecular complexity index is 567. The van der Waals surface area contributed by atoms with Crippen LogP contribution in [-0.4, -0.2) is 41.5 Å². The van der Waals surface area contributed by atoms with Crippen LogP contribution in [0.2, 0.25) is 0 Å². The van der Waals surface area contributed by atoms with Crippen LogP contribution in [0.25, 0.3) is 0 Å². The summed E-state index contributed by atoms with van der Waals surface area (Å²) < 4.78 is 0. The lowest BCUT2D eigenvalue weighted by atomic mass is 9.78. The van der Waals surface area contributed by atoms with Gasteiger partial charge in [-0.25, -0.2) is 4.79 Å². The van der Waals surface area contributed by atoms with Crippen LogP contribution in [0.15, 0.2) is 24.5 Å². The SMILES string of the molecule is CCC(NC(=O)N1CCC2(CC1)CNC(=O)C2)c1cccnc1. The van der Waals surface area contributed by atoms with Crippen molar-refractivity contribution in [1.82, 2.24) is 20.5 Å². The second-order valence-corrected chi connectivity index (χ2v) is 6.64. The molecule has 1 atom stereocenters. The predicted octanol–water partition coefficient (Wildman–Crippen LogP) is 1.84. The van der Waals surface area contributed by atoms with Crippen LogP contribution < -0.4 is 10.6 Å². The molecule has 3 rings (SSSR count). The van der Waals surface area contributed by atoms with Crippen molar-refractivity contribution in [1.29, 1.82) is 0 Å². The normalized spacial score (nSPS) is 21.1. The summed E-state index contributed by atoms with van der Waals surface area (Å²) in [5, 5.41) is 6.03. The molecule has 6 heteroatoms. The molecule has 2 aliphatic heterocycles. The number of piperidine rings is 1. The Morgan fingerprint density at radius 3 is 2.83 bits per heavy atom. The van der Waals surface area contributed by atoms with E-state index in [1.54, 1.807) is 12.4 Å². The summed E-state index contributed by atoms with van der Waals surface area (Å²) in [4.78, 5) is 30.0. The first-order chi connectivity index (χ1) is 11.1. The molecule has 3 amide bonds. The van der Waals surface area contributed by atoms with Crippen LogP contribution in [0.5, 0.6) is 0 Å². The number of hydrogen-bond donors (Lipinski definition) is 2. The van der Waals surface area contributed by atoms with E-state index in [-0.39, 0.29) is 23.4 Å². The second kappa shape index (κ2) is 6.56. The number of rotatable bonds is 3. The fourth-order valence-corrected chi connectivity index (χ4v) is 3.53. The van der Waals surface area contributed by atoms with Gasteiger partial charge >= 0.3 is 6.03 Å². The molecule has 3 heterocycles. The van der Waals surface area contributed by atoms with E-state index < -0.39 is 0 Å². The van der Waals surface area contributed by atoms with Gasteiger partial charge in [0.15, 0.2) is 0 Å². The van der Waals surface area contributed by atoms with Crippen molar-refractivity contribution in [2.24, 2.45) is 5.41 Å². The van der Waals surface area contributed by atoms with Gasteiger partial charge in [-0.1, -0.05) is 13.0 Å². The molecule has 0 radical (unpaired) electrons. The lowest BCUT2D eigenvalue weighted by Crippen LogP contribution is -2.48. The van der Waals surface area contributed by atoms with E-state index in [0.717, 1.165) is 31.4 Å². The summed E-state index contributed by atoms with van der Waals surface area (Å²) in [5.41, 5.74) is 1.10. The number of carbonyl (C=O) groups excluding carboxylic acids is 2. The molecule has 6 nitrogen and oxygen atoms in total. The third kappa shape index (κ3) is 3.46. The second-order valence-electron chi connectivity index (χ2n) is 6.64. The fraction of sp³-hybridized carbons (Fsp3) is 0.588. The van der Waals surface area contributed by atoms with Gasteiger partial charge in [0.2, 0.25) is 5.91 Å². The lowest BCUT2D eigenvalue weighted by molar-refractivity contribution is -0.119. The maximum Gasteiger partial charge on any atom is 0.317 e. The van der Waals surface area contributed by atoms with Gasteiger partial charge in [-0.2, -0.15) is 0 Å². The van der Waals surface area contributed by atoms with E-state index in [9.17, 15) is 9.59 Å². The number of aromatic nitrogens is 1. The van der Waals surface area contributed by atoms with Gasteiger partial charge in [-0.05, 0) is 36.3 Å². The number of urea groups is 1. The van der Waals surface area contributed by atoms with E-state index in [4.69, 9.17) is 0 Å². The number of amides is 3. The average molecular weight is 316 g/mol. The molecule has 2 fully saturated rings. The molecule has 1 spiro atoms. The minimum absolute atomic E-state index is 0.0122. The third-order valence-electron chi connectivity index (χ3n) is 5.10. The zero-order chi connectivity index (χ0) is 16.3. The van der Waals surface area contributed by atoms with Gasteiger partial charge in [-0.15, -0.1) is 0 Å². The number of pyridine rings is 1. The highest BCUT2D eigenvalue weighted by Gasteiger charge is 2.41. The fourth-order valence-electron chi connectivity index (χ4n) is 3.53. The summed E-state index contributed by atoms with van der Waals surface area (Å²) in [5.74, 6) is 0.144. The third-order valence-corrected chi connectivity index (χ3v) is 5.10. The Kier molecular flexibility index (Phi) is 4.50. The van der Waals surface area contributed by atoms with Crippen molar-refractivity contribution in [3.8, 4) is 0 Å². The number of carbonyl (C=O) groups is 2. The van der Waals surface area contributed by atoms with Crippen molar-refractivity contribution in [3.05, 3.63) is 30.1 Å². The minimum Gasteiger partial charge on any atom is -0.356 e. The van der Waals surface area contributed by atoms with Crippen LogP contribution >= 0.6 is 0 Å². The van der Waals surface area contributed by atoms with Gasteiger partial charge in [0.1, 0.15) is 0 Å². The highest BCUT2D eigenvalue weighted by molar-refractivity contribution is 5.79. The van der Waals surface area contributed by atoms with Gasteiger partial charge in [0.25, 0.3) is 0 Å². The van der Waals surface area contributed by atoms with Crippen LogP contribution in [0.4, 0.5) is 4.79 Å². The molecule has 2 aliphatic rings. The quantitative estimate of drug-likeness (QED) is 0.893. The smallest absolute Gasteiger partial charge is 0.317 e. The van der Waals surface area contributed by atoms with Gasteiger partial charge in [0.05, 0.1) is 6.04 Å². The highest BCUT2D eigenvalue weighted by Crippen LogP contribution is 2.37. The minimum atomic E-state index is -0.0205. The van der Waals surface area contributed by atoms with Gasteiger partial charge in [0, 0.05) is 38.4 Å². The first-order valence-corrected chi connectivity index (χ1v) is 8.34. The number of likely N-dealkylation sites (tertiary alicyclic amines) is 1. The van der Waals surface area contributed by atoms with Crippen molar-refractivity contribution in [3.63, 3.8) is 0 Å². The van der Waals surface area contributed by atoms with E-state index in [1.165, 1.54) is 0 Å². The lowest BCUT2D eigenvalue weighted by Gasteiger charge is -2.38. The predicted molar refractivity (Wildman–Crippen MR) is 86.7 cm³/mol. The monoisotopic (exact) mass is 316 g/mol. The molecule has 0 aromatic carbocycles. The number of nitrogens with zero attached hydrogens (tertiary/aromatic N) is 2. The molecule has 0 saturated carbocycles. The first kappa shape index (κ1) is 15.8. The first-order valence-electron chi connectivity index (χ1n) is 8.34. The van der Waals surface area contributed by atoms with Gasteiger partial charge in [-0.3, -0.25) is 9.78 Å². The summed E-state index contributed by atoms with van der Waals surface area (Å²) >= 11 is 0. The largest absolute Gasteiger partial charge is 0.356 e. The average Bonchev–Trinajstić information content (AvgIpc) is 2.94. The maximum atomic E-state index is 12.5. The topological polar surface area (TPSA) is 74.3 Å². The molecule has 1 unspecified atom stereocenters. The van der Waals surface area contributed by atoms with Crippen LogP contribution in [0.3, 0.4) is 0 Å². The summed E-state index contributed by atoms with van der Waals surface area (Å²) in [6, 6.07) is 3.84. The molecule has 1 aromatic heterocycles. The molecule has 124 valence electrons. The Morgan fingerprint density at radius 2 is 2.26 bits per heavy atom. The van der Waals surface area contributed by atoms with Crippen LogP contribution in [0.1, 0.15) is 44.2 Å². The van der Waals surface area contributed by atoms with Crippen molar-refractivity contribution in [2.75, 3.05) is 19.6 Å². The van der Waals surface area contributed by atoms with Crippen molar-refractivity contribution in [2.45, 2.75) is 38.6 Å². The standard InChI is InChI=1S/C17H24N4O2/c1-2-14(13-4-3-7-18-11-13)20-16(23)21-8-5-17(6-9-21)10-15(22)19-12-17/h3-4,7,11,14H,2,5-6,8-10,12H2,1H3,(H,19,22)(H,20,23). The molecular formula is C17H24N4O2. The Balaban J connectivity index is 1.56. The summed E-state index contributed by atoms with van der Waals surface area (Å²) in [6.45, 7) is 4.24. The van der Waals surface area contributed by atoms with Crippen molar-refractivity contribution >= 4 is 11.9 Å². The molecule has 0 bridgehead atoms. The zero-order valence-electron chi connectivity index (χ0n) is 13.5. The Labute approximate surface area is 136 Å². The molecule has 2 saturated heterocycles. The van der Waals surface area contributed by atoms with Crippen LogP contribution in [0, 0.1) is 5.41 Å². The molecule has 23 heavy (non-hydrogen) atoms. The molecule has 2 N–H and O–H groups in total. The Morgan fingerprint density at radius 1 is 1.48 bits per heavy atom. The molecule has 0 aliphatic carbocycles. The van der Waals surface area contributed by atoms with E-state index in [0.29, 0.717) is 19.5 Å². The van der Waals surface area contributed by atoms with E-state index in [2.05, 4.69) is 22.5 Å². The van der Waals surface area contributed by atoms with Crippen LogP contribution in [-0.2, 0) is 4.79 Å². The highest BCUT2D eigenvalue weighted by atomic mass is 16.2.